The van der Waals surface area contributed by atoms with Gasteiger partial charge in [-0.1, -0.05) is 6.07 Å². The van der Waals surface area contributed by atoms with E-state index in [1.165, 1.54) is 13.8 Å². The first-order valence-electron chi connectivity index (χ1n) is 7.62. The summed E-state index contributed by atoms with van der Waals surface area (Å²) in [7, 11) is 0. The normalized spacial score (nSPS) is 12.9. The fourth-order valence-electron chi connectivity index (χ4n) is 2.38. The molecule has 1 heterocycles. The van der Waals surface area contributed by atoms with Gasteiger partial charge in [-0.15, -0.1) is 0 Å². The number of carbonyl (C=O) groups is 1. The predicted octanol–water partition coefficient (Wildman–Crippen LogP) is 5.05. The lowest BCUT2D eigenvalue weighted by Gasteiger charge is -2.17. The molecule has 0 saturated heterocycles. The maximum absolute atomic E-state index is 13.0. The Kier molecular flexibility index (Phi) is 5.65. The Morgan fingerprint density at radius 1 is 0.966 bits per heavy atom. The molecule has 0 saturated carbocycles. The minimum absolute atomic E-state index is 0.00514. The zero-order chi connectivity index (χ0) is 22.4. The molecule has 2 rings (SSSR count). The van der Waals surface area contributed by atoms with Crippen molar-refractivity contribution in [3.05, 3.63) is 46.1 Å². The molecule has 4 nitrogen and oxygen atoms in total. The third kappa shape index (κ3) is 5.01. The lowest BCUT2D eigenvalue weighted by Crippen LogP contribution is -2.29. The van der Waals surface area contributed by atoms with Gasteiger partial charge in [0.25, 0.3) is 0 Å². The molecule has 0 radical (unpaired) electrons. The van der Waals surface area contributed by atoms with E-state index in [0.717, 1.165) is 6.07 Å². The molecule has 13 heteroatoms. The van der Waals surface area contributed by atoms with Gasteiger partial charge < -0.3 is 4.74 Å². The van der Waals surface area contributed by atoms with Gasteiger partial charge in [0.2, 0.25) is 5.88 Å². The number of aryl methyl sites for hydroxylation is 1. The van der Waals surface area contributed by atoms with E-state index in [2.05, 4.69) is 9.84 Å². The van der Waals surface area contributed by atoms with Gasteiger partial charge >= 0.3 is 24.5 Å². The smallest absolute Gasteiger partial charge is 0.401 e. The second kappa shape index (κ2) is 7.26. The summed E-state index contributed by atoms with van der Waals surface area (Å²) in [4.78, 5) is 11.1. The third-order valence-corrected chi connectivity index (χ3v) is 3.82. The predicted molar refractivity (Wildman–Crippen MR) is 78.9 cm³/mol. The SMILES string of the molecule is Cc1nn(Cc2ccc(C(F)(F)F)c(C(F)(F)F)c2)c(OC(=O)C(F)(F)F)c1C. The first-order chi connectivity index (χ1) is 13.0. The van der Waals surface area contributed by atoms with Crippen molar-refractivity contribution in [2.24, 2.45) is 0 Å². The molecule has 0 aliphatic heterocycles. The average Bonchev–Trinajstić information content (AvgIpc) is 2.79. The van der Waals surface area contributed by atoms with Crippen molar-refractivity contribution in [1.82, 2.24) is 9.78 Å². The van der Waals surface area contributed by atoms with E-state index in [1.54, 1.807) is 0 Å². The van der Waals surface area contributed by atoms with Crippen LogP contribution in [0.15, 0.2) is 18.2 Å². The van der Waals surface area contributed by atoms with Crippen LogP contribution in [-0.2, 0) is 23.7 Å². The fourth-order valence-corrected chi connectivity index (χ4v) is 2.38. The fraction of sp³-hybridized carbons (Fsp3) is 0.375. The maximum Gasteiger partial charge on any atom is 0.491 e. The molecule has 160 valence electrons. The number of halogens is 9. The van der Waals surface area contributed by atoms with Gasteiger partial charge in [-0.2, -0.15) is 44.6 Å². The van der Waals surface area contributed by atoms with Crippen molar-refractivity contribution in [3.63, 3.8) is 0 Å². The first kappa shape index (κ1) is 22.6. The van der Waals surface area contributed by atoms with Crippen LogP contribution in [0.25, 0.3) is 0 Å². The molecule has 1 aromatic heterocycles. The van der Waals surface area contributed by atoms with Gasteiger partial charge in [0, 0.05) is 5.56 Å². The standard InChI is InChI=1S/C16H11F9N2O2/c1-7-8(2)26-27(12(7)29-13(28)16(23,24)25)6-9-3-4-10(14(17,18)19)11(5-9)15(20,21)22/h3-5H,6H2,1-2H3. The molecule has 0 aliphatic carbocycles. The van der Waals surface area contributed by atoms with E-state index in [9.17, 15) is 44.3 Å². The highest BCUT2D eigenvalue weighted by molar-refractivity contribution is 5.78. The molecule has 0 amide bonds. The number of rotatable bonds is 3. The summed E-state index contributed by atoms with van der Waals surface area (Å²) in [6.07, 6.45) is -15.9. The number of aromatic nitrogens is 2. The van der Waals surface area contributed by atoms with Gasteiger partial charge in [0.15, 0.2) is 0 Å². The summed E-state index contributed by atoms with van der Waals surface area (Å²) in [5.74, 6) is -3.26. The van der Waals surface area contributed by atoms with E-state index in [0.29, 0.717) is 4.68 Å². The van der Waals surface area contributed by atoms with Crippen molar-refractivity contribution >= 4 is 5.97 Å². The number of benzene rings is 1. The van der Waals surface area contributed by atoms with Gasteiger partial charge in [-0.3, -0.25) is 0 Å². The van der Waals surface area contributed by atoms with Gasteiger partial charge in [0.1, 0.15) is 0 Å². The zero-order valence-corrected chi connectivity index (χ0v) is 14.6. The van der Waals surface area contributed by atoms with E-state index < -0.39 is 48.0 Å². The van der Waals surface area contributed by atoms with Crippen molar-refractivity contribution in [2.75, 3.05) is 0 Å². The van der Waals surface area contributed by atoms with Crippen molar-refractivity contribution in [3.8, 4) is 5.88 Å². The number of esters is 1. The van der Waals surface area contributed by atoms with E-state index in [1.807, 2.05) is 0 Å². The number of hydrogen-bond acceptors (Lipinski definition) is 3. The van der Waals surface area contributed by atoms with Crippen LogP contribution in [0.4, 0.5) is 39.5 Å². The minimum Gasteiger partial charge on any atom is -0.401 e. The Hall–Kier alpha value is -2.73. The Morgan fingerprint density at radius 3 is 2.00 bits per heavy atom. The first-order valence-corrected chi connectivity index (χ1v) is 7.62. The largest absolute Gasteiger partial charge is 0.491 e. The lowest BCUT2D eigenvalue weighted by molar-refractivity contribution is -0.190. The summed E-state index contributed by atoms with van der Waals surface area (Å²) in [5, 5.41) is 3.77. The summed E-state index contributed by atoms with van der Waals surface area (Å²) in [6.45, 7) is 1.92. The molecule has 1 aromatic carbocycles. The van der Waals surface area contributed by atoms with Gasteiger partial charge in [0.05, 0.1) is 23.4 Å². The quantitative estimate of drug-likeness (QED) is 0.502. The number of carbonyl (C=O) groups excluding carboxylic acids is 1. The van der Waals surface area contributed by atoms with Crippen molar-refractivity contribution in [2.45, 2.75) is 38.9 Å². The number of nitrogens with zero attached hydrogens (tertiary/aromatic N) is 2. The van der Waals surface area contributed by atoms with Gasteiger partial charge in [-0.05, 0) is 31.5 Å². The van der Waals surface area contributed by atoms with Crippen LogP contribution in [-0.4, -0.2) is 21.9 Å². The minimum atomic E-state index is -5.34. The maximum atomic E-state index is 13.0. The van der Waals surface area contributed by atoms with Crippen LogP contribution < -0.4 is 4.74 Å². The molecule has 0 atom stereocenters. The summed E-state index contributed by atoms with van der Waals surface area (Å²) in [5.41, 5.74) is -4.11. The summed E-state index contributed by atoms with van der Waals surface area (Å²) in [6, 6.07) is 1.15. The van der Waals surface area contributed by atoms with Crippen LogP contribution in [0.5, 0.6) is 5.88 Å². The second-order valence-electron chi connectivity index (χ2n) is 5.94. The zero-order valence-electron chi connectivity index (χ0n) is 14.6. The second-order valence-corrected chi connectivity index (χ2v) is 5.94. The third-order valence-electron chi connectivity index (χ3n) is 3.82. The molecule has 0 aliphatic rings. The van der Waals surface area contributed by atoms with Crippen LogP contribution in [0.1, 0.15) is 27.9 Å². The van der Waals surface area contributed by atoms with E-state index >= 15 is 0 Å². The van der Waals surface area contributed by atoms with Crippen molar-refractivity contribution in [1.29, 1.82) is 0 Å². The highest BCUT2D eigenvalue weighted by Gasteiger charge is 2.44. The number of hydrogen-bond donors (Lipinski definition) is 0. The highest BCUT2D eigenvalue weighted by Crippen LogP contribution is 2.40. The Labute approximate surface area is 156 Å². The monoisotopic (exact) mass is 434 g/mol. The van der Waals surface area contributed by atoms with E-state index in [-0.39, 0.29) is 29.0 Å². The topological polar surface area (TPSA) is 44.1 Å². The molecule has 0 N–H and O–H groups in total. The summed E-state index contributed by atoms with van der Waals surface area (Å²) < 4.78 is 120. The van der Waals surface area contributed by atoms with Crippen LogP contribution in [0.2, 0.25) is 0 Å². The molecular formula is C16H11F9N2O2. The molecule has 0 bridgehead atoms. The van der Waals surface area contributed by atoms with Crippen LogP contribution in [0, 0.1) is 13.8 Å². The molecule has 2 aromatic rings. The Morgan fingerprint density at radius 2 is 1.52 bits per heavy atom. The van der Waals surface area contributed by atoms with Crippen LogP contribution in [0.3, 0.4) is 0 Å². The van der Waals surface area contributed by atoms with Crippen LogP contribution >= 0.6 is 0 Å². The number of alkyl halides is 9. The Bertz CT molecular complexity index is 924. The lowest BCUT2D eigenvalue weighted by atomic mass is 10.0. The molecule has 0 fully saturated rings. The Balaban J connectivity index is 2.47. The highest BCUT2D eigenvalue weighted by atomic mass is 19.4. The summed E-state index contributed by atoms with van der Waals surface area (Å²) >= 11 is 0. The molecule has 0 spiro atoms. The molecule has 29 heavy (non-hydrogen) atoms. The molecular weight excluding hydrogens is 423 g/mol. The number of ether oxygens (including phenoxy) is 1. The van der Waals surface area contributed by atoms with Gasteiger partial charge in [-0.25, -0.2) is 9.48 Å². The van der Waals surface area contributed by atoms with Crippen molar-refractivity contribution < 1.29 is 49.0 Å². The van der Waals surface area contributed by atoms with E-state index in [4.69, 9.17) is 0 Å². The average molecular weight is 434 g/mol. The molecule has 0 unspecified atom stereocenters.